The number of nitriles is 1. The normalized spacial score (nSPS) is 11.7. The predicted octanol–water partition coefficient (Wildman–Crippen LogP) is 4.91. The molecule has 0 saturated carbocycles. The van der Waals surface area contributed by atoms with E-state index < -0.39 is 11.8 Å². The molecule has 0 bridgehead atoms. The zero-order valence-corrected chi connectivity index (χ0v) is 16.6. The summed E-state index contributed by atoms with van der Waals surface area (Å²) in [7, 11) is 0. The van der Waals surface area contributed by atoms with E-state index in [9.17, 15) is 20.3 Å². The summed E-state index contributed by atoms with van der Waals surface area (Å²) in [6, 6.07) is 7.80. The van der Waals surface area contributed by atoms with Gasteiger partial charge in [-0.05, 0) is 30.2 Å². The summed E-state index contributed by atoms with van der Waals surface area (Å²) in [5, 5.41) is 32.9. The van der Waals surface area contributed by atoms with Gasteiger partial charge < -0.3 is 15.5 Å². The highest BCUT2D eigenvalue weighted by molar-refractivity contribution is 7.20. The Morgan fingerprint density at radius 2 is 2.07 bits per heavy atom. The number of thiophene rings is 1. The minimum absolute atomic E-state index is 0.0837. The molecule has 2 aromatic heterocycles. The Balaban J connectivity index is 1.71. The number of amides is 1. The first-order chi connectivity index (χ1) is 12.9. The van der Waals surface area contributed by atoms with E-state index in [0.29, 0.717) is 30.6 Å². The van der Waals surface area contributed by atoms with Gasteiger partial charge in [0.05, 0.1) is 16.1 Å². The maximum Gasteiger partial charge on any atom is 0.243 e. The van der Waals surface area contributed by atoms with Crippen molar-refractivity contribution in [1.82, 2.24) is 4.98 Å². The molecule has 3 rings (SSSR count). The number of nitrogens with zero attached hydrogens (tertiary/aromatic N) is 2. The van der Waals surface area contributed by atoms with E-state index in [1.165, 1.54) is 40.9 Å². The Labute approximate surface area is 172 Å². The topological polar surface area (TPSA) is 106 Å². The molecule has 0 aliphatic rings. The number of halogens is 2. The lowest BCUT2D eigenvalue weighted by Crippen LogP contribution is -2.23. The molecule has 1 atom stereocenters. The van der Waals surface area contributed by atoms with Gasteiger partial charge in [0.25, 0.3) is 0 Å². The third-order valence-corrected chi connectivity index (χ3v) is 5.86. The fourth-order valence-corrected chi connectivity index (χ4v) is 4.49. The second-order valence-corrected chi connectivity index (χ2v) is 8.62. The Morgan fingerprint density at radius 1 is 1.30 bits per heavy atom. The van der Waals surface area contributed by atoms with Gasteiger partial charge in [0.1, 0.15) is 10.3 Å². The van der Waals surface area contributed by atoms with Crippen molar-refractivity contribution in [2.45, 2.75) is 6.42 Å². The van der Waals surface area contributed by atoms with Crippen LogP contribution in [0.15, 0.2) is 29.6 Å². The zero-order valence-electron chi connectivity index (χ0n) is 13.4. The average Bonchev–Trinajstić information content (AvgIpc) is 3.21. The minimum atomic E-state index is -0.986. The van der Waals surface area contributed by atoms with Gasteiger partial charge in [-0.3, -0.25) is 4.79 Å². The van der Waals surface area contributed by atoms with E-state index in [0.717, 1.165) is 0 Å². The van der Waals surface area contributed by atoms with Crippen LogP contribution in [-0.4, -0.2) is 21.1 Å². The lowest BCUT2D eigenvalue weighted by atomic mass is 9.99. The van der Waals surface area contributed by atoms with Crippen LogP contribution < -0.4 is 5.32 Å². The van der Waals surface area contributed by atoms with Crippen LogP contribution in [0.2, 0.25) is 8.67 Å². The van der Waals surface area contributed by atoms with Gasteiger partial charge >= 0.3 is 0 Å². The van der Waals surface area contributed by atoms with Crippen LogP contribution in [-0.2, 0) is 11.2 Å². The molecule has 0 saturated heterocycles. The molecule has 0 radical (unpaired) electrons. The van der Waals surface area contributed by atoms with Gasteiger partial charge in [-0.25, -0.2) is 4.98 Å². The van der Waals surface area contributed by atoms with Gasteiger partial charge in [-0.2, -0.15) is 5.26 Å². The molecule has 1 unspecified atom stereocenters. The maximum absolute atomic E-state index is 12.4. The highest BCUT2D eigenvalue weighted by Gasteiger charge is 2.21. The first-order valence-electron chi connectivity index (χ1n) is 7.49. The molecule has 3 N–H and O–H groups in total. The summed E-state index contributed by atoms with van der Waals surface area (Å²) < 4.78 is 1.04. The highest BCUT2D eigenvalue weighted by Crippen LogP contribution is 2.39. The standard InChI is InChI=1S/C17H11Cl2N3O3S2/c18-14-5-10(15(19)27-14)11-7-26-17(21-11)22-16(25)9(6-20)3-8-1-2-12(23)13(24)4-8/h1-2,4-5,7,9,23-24H,3H2,(H,21,22,25). The number of rotatable bonds is 5. The maximum atomic E-state index is 12.4. The fraction of sp³-hybridized carbons (Fsp3) is 0.118. The molecule has 6 nitrogen and oxygen atoms in total. The van der Waals surface area contributed by atoms with Crippen LogP contribution in [0.1, 0.15) is 5.56 Å². The predicted molar refractivity (Wildman–Crippen MR) is 107 cm³/mol. The first kappa shape index (κ1) is 19.5. The fourth-order valence-electron chi connectivity index (χ4n) is 2.29. The Kier molecular flexibility index (Phi) is 5.87. The van der Waals surface area contributed by atoms with Crippen molar-refractivity contribution in [3.63, 3.8) is 0 Å². The number of benzene rings is 1. The van der Waals surface area contributed by atoms with Gasteiger partial charge in [-0.1, -0.05) is 29.3 Å². The summed E-state index contributed by atoms with van der Waals surface area (Å²) in [4.78, 5) is 16.7. The Bertz CT molecular complexity index is 1040. The number of phenolic OH excluding ortho intramolecular Hbond substituents is 2. The van der Waals surface area contributed by atoms with Crippen molar-refractivity contribution in [3.05, 3.63) is 43.9 Å². The molecule has 0 aliphatic carbocycles. The van der Waals surface area contributed by atoms with E-state index >= 15 is 0 Å². The number of aromatic nitrogens is 1. The molecular formula is C17H11Cl2N3O3S2. The number of phenols is 2. The molecule has 0 fully saturated rings. The van der Waals surface area contributed by atoms with Gasteiger partial charge in [-0.15, -0.1) is 22.7 Å². The van der Waals surface area contributed by atoms with Crippen molar-refractivity contribution in [2.75, 3.05) is 5.32 Å². The summed E-state index contributed by atoms with van der Waals surface area (Å²) in [6.45, 7) is 0. The number of nitrogens with one attached hydrogen (secondary N) is 1. The van der Waals surface area contributed by atoms with Crippen LogP contribution in [0.5, 0.6) is 11.5 Å². The van der Waals surface area contributed by atoms with Crippen molar-refractivity contribution >= 4 is 56.9 Å². The zero-order chi connectivity index (χ0) is 19.6. The molecule has 1 amide bonds. The molecule has 27 heavy (non-hydrogen) atoms. The molecule has 0 spiro atoms. The lowest BCUT2D eigenvalue weighted by Gasteiger charge is -2.09. The monoisotopic (exact) mass is 439 g/mol. The van der Waals surface area contributed by atoms with Gasteiger partial charge in [0.15, 0.2) is 16.6 Å². The SMILES string of the molecule is N#CC(Cc1ccc(O)c(O)c1)C(=O)Nc1nc(-c2cc(Cl)sc2Cl)cs1. The van der Waals surface area contributed by atoms with E-state index in [4.69, 9.17) is 23.2 Å². The van der Waals surface area contributed by atoms with Crippen LogP contribution in [0.3, 0.4) is 0 Å². The van der Waals surface area contributed by atoms with Crippen molar-refractivity contribution in [2.24, 2.45) is 5.92 Å². The Hall–Kier alpha value is -2.31. The Morgan fingerprint density at radius 3 is 2.70 bits per heavy atom. The third-order valence-electron chi connectivity index (χ3n) is 3.62. The van der Waals surface area contributed by atoms with Crippen LogP contribution in [0.25, 0.3) is 11.3 Å². The number of hydrogen-bond acceptors (Lipinski definition) is 7. The van der Waals surface area contributed by atoms with Gasteiger partial charge in [0, 0.05) is 10.9 Å². The molecule has 10 heteroatoms. The number of thiazole rings is 1. The summed E-state index contributed by atoms with van der Waals surface area (Å²) in [5.41, 5.74) is 1.81. The summed E-state index contributed by atoms with van der Waals surface area (Å²) in [6.07, 6.45) is 0.0837. The molecular weight excluding hydrogens is 429 g/mol. The molecule has 1 aromatic carbocycles. The van der Waals surface area contributed by atoms with Crippen LogP contribution in [0, 0.1) is 17.2 Å². The second-order valence-electron chi connectivity index (χ2n) is 5.47. The van der Waals surface area contributed by atoms with E-state index in [2.05, 4.69) is 10.3 Å². The molecule has 0 aliphatic heterocycles. The average molecular weight is 440 g/mol. The number of aromatic hydroxyl groups is 2. The van der Waals surface area contributed by atoms with Gasteiger partial charge in [0.2, 0.25) is 5.91 Å². The van der Waals surface area contributed by atoms with E-state index in [1.807, 2.05) is 6.07 Å². The van der Waals surface area contributed by atoms with Crippen LogP contribution >= 0.6 is 45.9 Å². The van der Waals surface area contributed by atoms with Crippen molar-refractivity contribution < 1.29 is 15.0 Å². The molecule has 3 aromatic rings. The summed E-state index contributed by atoms with van der Waals surface area (Å²) in [5.74, 6) is -2.07. The second kappa shape index (κ2) is 8.15. The third kappa shape index (κ3) is 4.51. The van der Waals surface area contributed by atoms with E-state index in [-0.39, 0.29) is 17.9 Å². The van der Waals surface area contributed by atoms with E-state index in [1.54, 1.807) is 11.4 Å². The largest absolute Gasteiger partial charge is 0.504 e. The lowest BCUT2D eigenvalue weighted by molar-refractivity contribution is -0.118. The van der Waals surface area contributed by atoms with Crippen LogP contribution in [0.4, 0.5) is 5.13 Å². The molecule has 138 valence electrons. The number of carbonyl (C=O) groups is 1. The quantitative estimate of drug-likeness (QED) is 0.489. The minimum Gasteiger partial charge on any atom is -0.504 e. The van der Waals surface area contributed by atoms with Crippen molar-refractivity contribution in [1.29, 1.82) is 5.26 Å². The van der Waals surface area contributed by atoms with Crippen molar-refractivity contribution in [3.8, 4) is 28.8 Å². The highest BCUT2D eigenvalue weighted by atomic mass is 35.5. The number of anilines is 1. The molecule has 2 heterocycles. The smallest absolute Gasteiger partial charge is 0.243 e. The number of carbonyl (C=O) groups excluding carboxylic acids is 1. The summed E-state index contributed by atoms with van der Waals surface area (Å²) >= 11 is 14.5. The number of hydrogen-bond donors (Lipinski definition) is 3. The first-order valence-corrected chi connectivity index (χ1v) is 9.94.